The predicted octanol–water partition coefficient (Wildman–Crippen LogP) is 8.37. The minimum absolute atomic E-state index is 0.0573. The first-order valence-corrected chi connectivity index (χ1v) is 16.8. The number of carbonyl (C=O) groups is 2. The van der Waals surface area contributed by atoms with Crippen molar-refractivity contribution in [3.63, 3.8) is 0 Å². The zero-order valence-electron chi connectivity index (χ0n) is 24.2. The molecule has 3 atom stereocenters. The van der Waals surface area contributed by atoms with Gasteiger partial charge in [-0.3, -0.25) is 9.59 Å². The SMILES string of the molecule is [B]P(C)OC(CCCCCCC)CC(=O)OCC(CC)NC(=O)CCCCCCCCCCCCC. The van der Waals surface area contributed by atoms with E-state index in [2.05, 4.69) is 19.2 Å². The van der Waals surface area contributed by atoms with Crippen molar-refractivity contribution in [1.29, 1.82) is 0 Å². The van der Waals surface area contributed by atoms with Gasteiger partial charge in [-0.25, -0.2) is 0 Å². The molecular weight excluding hydrogens is 468 g/mol. The quantitative estimate of drug-likeness (QED) is 0.0533. The molecule has 5 nitrogen and oxygen atoms in total. The summed E-state index contributed by atoms with van der Waals surface area (Å²) in [6.07, 6.45) is 22.0. The Labute approximate surface area is 226 Å². The van der Waals surface area contributed by atoms with Gasteiger partial charge in [-0.2, -0.15) is 0 Å². The van der Waals surface area contributed by atoms with Crippen LogP contribution in [0.2, 0.25) is 0 Å². The highest BCUT2D eigenvalue weighted by Crippen LogP contribution is 2.30. The lowest BCUT2D eigenvalue weighted by Crippen LogP contribution is -2.38. The summed E-state index contributed by atoms with van der Waals surface area (Å²) in [5.41, 5.74) is 0. The molecule has 0 fully saturated rings. The van der Waals surface area contributed by atoms with Gasteiger partial charge in [0.2, 0.25) is 5.91 Å². The van der Waals surface area contributed by atoms with Crippen LogP contribution >= 0.6 is 8.03 Å². The van der Waals surface area contributed by atoms with Crippen molar-refractivity contribution in [1.82, 2.24) is 5.32 Å². The summed E-state index contributed by atoms with van der Waals surface area (Å²) < 4.78 is 11.3. The van der Waals surface area contributed by atoms with Gasteiger partial charge in [0.15, 0.2) is 0 Å². The molecule has 7 heteroatoms. The molecular formula is C29H57BNO4P. The molecule has 3 unspecified atom stereocenters. The maximum absolute atomic E-state index is 12.4. The van der Waals surface area contributed by atoms with Gasteiger partial charge in [0.05, 0.1) is 18.6 Å². The Bertz CT molecular complexity index is 522. The number of unbranched alkanes of at least 4 members (excludes halogenated alkanes) is 14. The molecule has 0 aliphatic heterocycles. The lowest BCUT2D eigenvalue weighted by Gasteiger charge is -2.21. The molecule has 0 bridgehead atoms. The molecule has 0 heterocycles. The van der Waals surface area contributed by atoms with Gasteiger partial charge in [0, 0.05) is 6.42 Å². The number of hydrogen-bond acceptors (Lipinski definition) is 4. The fraction of sp³-hybridized carbons (Fsp3) is 0.931. The molecule has 0 spiro atoms. The first kappa shape index (κ1) is 35.4. The van der Waals surface area contributed by atoms with E-state index >= 15 is 0 Å². The minimum atomic E-state index is -1.01. The summed E-state index contributed by atoms with van der Waals surface area (Å²) in [5, 5.41) is 3.03. The van der Waals surface area contributed by atoms with Gasteiger partial charge < -0.3 is 14.6 Å². The minimum Gasteiger partial charge on any atom is -0.463 e. The molecule has 36 heavy (non-hydrogen) atoms. The first-order valence-electron chi connectivity index (χ1n) is 15.0. The Hall–Kier alpha value is -0.605. The molecule has 2 radical (unpaired) electrons. The summed E-state index contributed by atoms with van der Waals surface area (Å²) in [6.45, 7) is 8.52. The average Bonchev–Trinajstić information content (AvgIpc) is 2.84. The number of hydrogen-bond donors (Lipinski definition) is 1. The van der Waals surface area contributed by atoms with Gasteiger partial charge >= 0.3 is 5.97 Å². The Kier molecular flexibility index (Phi) is 25.6. The molecule has 0 saturated carbocycles. The van der Waals surface area contributed by atoms with Crippen LogP contribution in [0.5, 0.6) is 0 Å². The van der Waals surface area contributed by atoms with E-state index in [0.717, 1.165) is 38.5 Å². The zero-order valence-corrected chi connectivity index (χ0v) is 25.1. The highest BCUT2D eigenvalue weighted by atomic mass is 31.1. The number of nitrogens with one attached hydrogen (secondary N) is 1. The molecule has 1 N–H and O–H groups in total. The van der Waals surface area contributed by atoms with Crippen LogP contribution < -0.4 is 5.32 Å². The fourth-order valence-electron chi connectivity index (χ4n) is 4.35. The smallest absolute Gasteiger partial charge is 0.308 e. The van der Waals surface area contributed by atoms with Crippen molar-refractivity contribution in [2.75, 3.05) is 13.3 Å². The van der Waals surface area contributed by atoms with Gasteiger partial charge in [-0.1, -0.05) is 117 Å². The van der Waals surface area contributed by atoms with Crippen molar-refractivity contribution in [2.24, 2.45) is 0 Å². The van der Waals surface area contributed by atoms with Crippen LogP contribution in [0.25, 0.3) is 0 Å². The number of ether oxygens (including phenoxy) is 1. The van der Waals surface area contributed by atoms with Crippen LogP contribution in [0.3, 0.4) is 0 Å². The van der Waals surface area contributed by atoms with Crippen molar-refractivity contribution >= 4 is 27.5 Å². The Morgan fingerprint density at radius 1 is 0.778 bits per heavy atom. The average molecular weight is 526 g/mol. The van der Waals surface area contributed by atoms with E-state index in [9.17, 15) is 9.59 Å². The normalized spacial score (nSPS) is 13.8. The molecule has 0 aliphatic carbocycles. The van der Waals surface area contributed by atoms with E-state index in [0.29, 0.717) is 6.42 Å². The Balaban J connectivity index is 4.00. The van der Waals surface area contributed by atoms with E-state index in [1.165, 1.54) is 77.0 Å². The highest BCUT2D eigenvalue weighted by Gasteiger charge is 2.19. The van der Waals surface area contributed by atoms with Gasteiger partial charge in [-0.05, 0) is 34.0 Å². The van der Waals surface area contributed by atoms with E-state index in [1.807, 2.05) is 13.6 Å². The summed E-state index contributed by atoms with van der Waals surface area (Å²) in [7, 11) is 4.85. The zero-order chi connectivity index (χ0) is 26.9. The molecule has 0 rings (SSSR count). The lowest BCUT2D eigenvalue weighted by molar-refractivity contribution is -0.146. The van der Waals surface area contributed by atoms with E-state index in [-0.39, 0.29) is 37.0 Å². The van der Waals surface area contributed by atoms with Crippen LogP contribution in [0, 0.1) is 0 Å². The number of rotatable bonds is 26. The summed E-state index contributed by atoms with van der Waals surface area (Å²) in [4.78, 5) is 24.7. The second kappa shape index (κ2) is 26.0. The maximum Gasteiger partial charge on any atom is 0.308 e. The van der Waals surface area contributed by atoms with Crippen LogP contribution in [0.1, 0.15) is 149 Å². The topological polar surface area (TPSA) is 64.6 Å². The third-order valence-electron chi connectivity index (χ3n) is 6.65. The molecule has 1 amide bonds. The van der Waals surface area contributed by atoms with Crippen molar-refractivity contribution in [2.45, 2.75) is 161 Å². The lowest BCUT2D eigenvalue weighted by atomic mass is 10.1. The summed E-state index contributed by atoms with van der Waals surface area (Å²) in [6, 6.07) is -0.139. The number of esters is 1. The molecule has 0 saturated heterocycles. The first-order chi connectivity index (χ1) is 17.4. The van der Waals surface area contributed by atoms with Gasteiger partial charge in [0.25, 0.3) is 0 Å². The number of carbonyl (C=O) groups excluding carboxylic acids is 2. The van der Waals surface area contributed by atoms with Crippen LogP contribution in [-0.4, -0.2) is 44.9 Å². The summed E-state index contributed by atoms with van der Waals surface area (Å²) in [5.74, 6) is -0.217. The van der Waals surface area contributed by atoms with Crippen LogP contribution in [-0.2, 0) is 18.8 Å². The third kappa shape index (κ3) is 23.8. The van der Waals surface area contributed by atoms with Crippen molar-refractivity contribution in [3.8, 4) is 0 Å². The molecule has 0 aliphatic rings. The van der Waals surface area contributed by atoms with Crippen LogP contribution in [0.4, 0.5) is 0 Å². The molecule has 210 valence electrons. The highest BCUT2D eigenvalue weighted by molar-refractivity contribution is 7.77. The third-order valence-corrected chi connectivity index (χ3v) is 7.28. The number of amides is 1. The second-order valence-electron chi connectivity index (χ2n) is 10.3. The maximum atomic E-state index is 12.4. The standard InChI is InChI=1S/C29H57BNO4P/c1-5-8-10-12-13-14-15-16-17-19-21-23-28(32)31-26(7-3)25-34-29(33)24-27(35-36(4)30)22-20-18-11-9-6-2/h26-27H,5-25H2,1-4H3,(H,31,32). The fourth-order valence-corrected chi connectivity index (χ4v) is 5.00. The van der Waals surface area contributed by atoms with Crippen molar-refractivity contribution < 1.29 is 18.8 Å². The van der Waals surface area contributed by atoms with Crippen LogP contribution in [0.15, 0.2) is 0 Å². The van der Waals surface area contributed by atoms with E-state index in [4.69, 9.17) is 16.8 Å². The summed E-state index contributed by atoms with van der Waals surface area (Å²) >= 11 is 0. The van der Waals surface area contributed by atoms with Crippen molar-refractivity contribution in [3.05, 3.63) is 0 Å². The van der Waals surface area contributed by atoms with E-state index < -0.39 is 8.03 Å². The molecule has 0 aromatic rings. The van der Waals surface area contributed by atoms with Gasteiger partial charge in [-0.15, -0.1) is 0 Å². The predicted molar refractivity (Wildman–Crippen MR) is 156 cm³/mol. The molecule has 0 aromatic heterocycles. The largest absolute Gasteiger partial charge is 0.463 e. The second-order valence-corrected chi connectivity index (χ2v) is 11.6. The monoisotopic (exact) mass is 525 g/mol. The van der Waals surface area contributed by atoms with Gasteiger partial charge in [0.1, 0.15) is 14.2 Å². The Morgan fingerprint density at radius 3 is 1.78 bits per heavy atom. The Morgan fingerprint density at radius 2 is 1.28 bits per heavy atom. The van der Waals surface area contributed by atoms with E-state index in [1.54, 1.807) is 0 Å². The molecule has 0 aromatic carbocycles.